The smallest absolute Gasteiger partial charge is 0.293 e. The molecule has 1 N–H and O–H groups in total. The number of imide groups is 1. The van der Waals surface area contributed by atoms with E-state index in [2.05, 4.69) is 10.3 Å². The molecular weight excluding hydrogens is 349 g/mol. The highest BCUT2D eigenvalue weighted by molar-refractivity contribution is 8.18. The standard InChI is InChI=1S/C13H12ClN3O3S.ClH/c14-7-11(18)16-4-5-17-12(19)10(21-13(17)20)6-9-2-1-3-15-8-9;/h1-3,6,8H,4-5,7H2,(H,16,18);1H/b10-6+;. The van der Waals surface area contributed by atoms with Crippen LogP contribution in [0.5, 0.6) is 0 Å². The molecule has 2 heterocycles. The van der Waals surface area contributed by atoms with E-state index in [1.165, 1.54) is 0 Å². The molecule has 6 nitrogen and oxygen atoms in total. The normalized spacial score (nSPS) is 15.9. The molecule has 0 aliphatic carbocycles. The molecule has 22 heavy (non-hydrogen) atoms. The summed E-state index contributed by atoms with van der Waals surface area (Å²) in [5.41, 5.74) is 0.749. The lowest BCUT2D eigenvalue weighted by Gasteiger charge is -2.12. The van der Waals surface area contributed by atoms with Gasteiger partial charge in [-0.15, -0.1) is 24.0 Å². The summed E-state index contributed by atoms with van der Waals surface area (Å²) in [6, 6.07) is 3.54. The third-order valence-corrected chi connectivity index (χ3v) is 3.78. The SMILES string of the molecule is Cl.O=C(CCl)NCCN1C(=O)S/C(=C/c2cccnc2)C1=O. The van der Waals surface area contributed by atoms with Crippen molar-refractivity contribution in [3.05, 3.63) is 35.0 Å². The van der Waals surface area contributed by atoms with E-state index in [1.807, 2.05) is 0 Å². The Morgan fingerprint density at radius 1 is 1.45 bits per heavy atom. The van der Waals surface area contributed by atoms with Gasteiger partial charge in [-0.3, -0.25) is 24.3 Å². The number of halogens is 2. The Hall–Kier alpha value is -1.57. The van der Waals surface area contributed by atoms with Crippen LogP contribution in [0.4, 0.5) is 4.79 Å². The molecule has 1 aromatic heterocycles. The average molecular weight is 362 g/mol. The molecule has 1 aromatic rings. The van der Waals surface area contributed by atoms with Gasteiger partial charge in [0.1, 0.15) is 5.88 Å². The van der Waals surface area contributed by atoms with Crippen LogP contribution in [0.3, 0.4) is 0 Å². The fourth-order valence-corrected chi connectivity index (χ4v) is 2.62. The van der Waals surface area contributed by atoms with Crippen LogP contribution in [0.25, 0.3) is 6.08 Å². The highest BCUT2D eigenvalue weighted by Crippen LogP contribution is 2.31. The molecule has 2 rings (SSSR count). The van der Waals surface area contributed by atoms with E-state index in [9.17, 15) is 14.4 Å². The van der Waals surface area contributed by atoms with E-state index >= 15 is 0 Å². The molecule has 1 aliphatic rings. The van der Waals surface area contributed by atoms with E-state index in [4.69, 9.17) is 11.6 Å². The molecule has 118 valence electrons. The van der Waals surface area contributed by atoms with Gasteiger partial charge in [-0.2, -0.15) is 0 Å². The highest BCUT2D eigenvalue weighted by atomic mass is 35.5. The van der Waals surface area contributed by atoms with Crippen molar-refractivity contribution in [3.8, 4) is 0 Å². The van der Waals surface area contributed by atoms with Crippen molar-refractivity contribution in [3.63, 3.8) is 0 Å². The minimum atomic E-state index is -0.367. The zero-order chi connectivity index (χ0) is 15.2. The molecule has 0 aromatic carbocycles. The molecule has 9 heteroatoms. The number of pyridine rings is 1. The summed E-state index contributed by atoms with van der Waals surface area (Å²) < 4.78 is 0. The van der Waals surface area contributed by atoms with Crippen molar-refractivity contribution in [2.45, 2.75) is 0 Å². The Bertz CT molecular complexity index is 595. The van der Waals surface area contributed by atoms with Crippen molar-refractivity contribution in [1.29, 1.82) is 0 Å². The fourth-order valence-electron chi connectivity index (χ4n) is 1.66. The summed E-state index contributed by atoms with van der Waals surface area (Å²) in [6.45, 7) is 0.307. The number of carbonyl (C=O) groups excluding carboxylic acids is 3. The fraction of sp³-hybridized carbons (Fsp3) is 0.231. The van der Waals surface area contributed by atoms with E-state index in [0.29, 0.717) is 4.91 Å². The van der Waals surface area contributed by atoms with Gasteiger partial charge in [-0.25, -0.2) is 0 Å². The van der Waals surface area contributed by atoms with Crippen LogP contribution in [-0.2, 0) is 9.59 Å². The number of carbonyl (C=O) groups is 3. The van der Waals surface area contributed by atoms with Crippen LogP contribution in [0.1, 0.15) is 5.56 Å². The maximum atomic E-state index is 12.1. The lowest BCUT2D eigenvalue weighted by molar-refractivity contribution is -0.123. The molecule has 1 saturated heterocycles. The Morgan fingerprint density at radius 3 is 2.86 bits per heavy atom. The van der Waals surface area contributed by atoms with E-state index < -0.39 is 0 Å². The molecule has 0 unspecified atom stereocenters. The highest BCUT2D eigenvalue weighted by Gasteiger charge is 2.34. The van der Waals surface area contributed by atoms with Crippen molar-refractivity contribution >= 4 is 58.9 Å². The third-order valence-electron chi connectivity index (χ3n) is 2.63. The Kier molecular flexibility index (Phi) is 7.37. The van der Waals surface area contributed by atoms with Gasteiger partial charge in [0.25, 0.3) is 11.1 Å². The predicted molar refractivity (Wildman–Crippen MR) is 87.9 cm³/mol. The van der Waals surface area contributed by atoms with Gasteiger partial charge in [0.15, 0.2) is 0 Å². The van der Waals surface area contributed by atoms with E-state index in [1.54, 1.807) is 30.6 Å². The van der Waals surface area contributed by atoms with Gasteiger partial charge >= 0.3 is 0 Å². The number of thioether (sulfide) groups is 1. The van der Waals surface area contributed by atoms with Crippen LogP contribution in [0, 0.1) is 0 Å². The van der Waals surface area contributed by atoms with Crippen LogP contribution in [0.15, 0.2) is 29.4 Å². The van der Waals surface area contributed by atoms with Crippen molar-refractivity contribution in [2.24, 2.45) is 0 Å². The van der Waals surface area contributed by atoms with Gasteiger partial charge in [0.2, 0.25) is 5.91 Å². The minimum Gasteiger partial charge on any atom is -0.353 e. The molecule has 1 aliphatic heterocycles. The van der Waals surface area contributed by atoms with Gasteiger partial charge in [0, 0.05) is 25.5 Å². The second kappa shape index (κ2) is 8.77. The van der Waals surface area contributed by atoms with E-state index in [0.717, 1.165) is 22.2 Å². The van der Waals surface area contributed by atoms with Crippen LogP contribution >= 0.6 is 35.8 Å². The summed E-state index contributed by atoms with van der Waals surface area (Å²) in [6.07, 6.45) is 4.85. The van der Waals surface area contributed by atoms with Crippen molar-refractivity contribution < 1.29 is 14.4 Å². The zero-order valence-corrected chi connectivity index (χ0v) is 13.7. The molecule has 1 fully saturated rings. The quantitative estimate of drug-likeness (QED) is 0.639. The topological polar surface area (TPSA) is 79.4 Å². The molecule has 0 bridgehead atoms. The first-order valence-corrected chi connectivity index (χ1v) is 7.45. The number of alkyl halides is 1. The summed E-state index contributed by atoms with van der Waals surface area (Å²) in [4.78, 5) is 40.3. The molecule has 0 saturated carbocycles. The molecule has 0 radical (unpaired) electrons. The van der Waals surface area contributed by atoms with Gasteiger partial charge in [-0.1, -0.05) is 6.07 Å². The number of rotatable bonds is 5. The van der Waals surface area contributed by atoms with Crippen LogP contribution < -0.4 is 5.32 Å². The van der Waals surface area contributed by atoms with Gasteiger partial charge in [-0.05, 0) is 29.5 Å². The number of hydrogen-bond donors (Lipinski definition) is 1. The van der Waals surface area contributed by atoms with Crippen LogP contribution in [0.2, 0.25) is 0 Å². The lowest BCUT2D eigenvalue weighted by atomic mass is 10.2. The van der Waals surface area contributed by atoms with Crippen molar-refractivity contribution in [1.82, 2.24) is 15.2 Å². The summed E-state index contributed by atoms with van der Waals surface area (Å²) in [5, 5.41) is 2.16. The maximum Gasteiger partial charge on any atom is 0.293 e. The average Bonchev–Trinajstić information content (AvgIpc) is 2.75. The molecular formula is C13H13Cl2N3O3S. The first-order valence-electron chi connectivity index (χ1n) is 6.10. The molecule has 0 spiro atoms. The second-order valence-corrected chi connectivity index (χ2v) is 5.36. The van der Waals surface area contributed by atoms with Gasteiger partial charge in [0.05, 0.1) is 4.91 Å². The summed E-state index contributed by atoms with van der Waals surface area (Å²) >= 11 is 6.21. The molecule has 0 atom stereocenters. The number of aromatic nitrogens is 1. The number of nitrogens with one attached hydrogen (secondary N) is 1. The number of nitrogens with zero attached hydrogens (tertiary/aromatic N) is 2. The number of hydrogen-bond acceptors (Lipinski definition) is 5. The Labute approximate surface area is 142 Å². The monoisotopic (exact) mass is 361 g/mol. The largest absolute Gasteiger partial charge is 0.353 e. The Balaban J connectivity index is 0.00000242. The third kappa shape index (κ3) is 4.72. The lowest BCUT2D eigenvalue weighted by Crippen LogP contribution is -2.37. The first-order chi connectivity index (χ1) is 10.1. The Morgan fingerprint density at radius 2 is 2.23 bits per heavy atom. The number of amides is 3. The summed E-state index contributed by atoms with van der Waals surface area (Å²) in [5.74, 6) is -0.855. The van der Waals surface area contributed by atoms with Crippen LogP contribution in [-0.4, -0.2) is 45.9 Å². The predicted octanol–water partition coefficient (Wildman–Crippen LogP) is 1.89. The summed E-state index contributed by atoms with van der Waals surface area (Å²) in [7, 11) is 0. The van der Waals surface area contributed by atoms with Gasteiger partial charge < -0.3 is 5.32 Å². The molecule has 3 amide bonds. The second-order valence-electron chi connectivity index (χ2n) is 4.10. The maximum absolute atomic E-state index is 12.1. The minimum absolute atomic E-state index is 0. The van der Waals surface area contributed by atoms with E-state index in [-0.39, 0.29) is 48.4 Å². The van der Waals surface area contributed by atoms with Crippen molar-refractivity contribution in [2.75, 3.05) is 19.0 Å². The first kappa shape index (κ1) is 18.5. The zero-order valence-electron chi connectivity index (χ0n) is 11.3.